The van der Waals surface area contributed by atoms with Crippen molar-refractivity contribution >= 4 is 0 Å². The second-order valence-electron chi connectivity index (χ2n) is 5.58. The van der Waals surface area contributed by atoms with Crippen LogP contribution in [-0.2, 0) is 0 Å². The largest absolute Gasteiger partial charge is 0.308 e. The Hall–Kier alpha value is -0.850. The van der Waals surface area contributed by atoms with E-state index in [1.165, 1.54) is 0 Å². The third-order valence-corrected chi connectivity index (χ3v) is 2.17. The first kappa shape index (κ1) is 15.2. The Morgan fingerprint density at radius 3 is 2.50 bits per heavy atom. The van der Waals surface area contributed by atoms with Gasteiger partial charge in [-0.25, -0.2) is 0 Å². The second kappa shape index (κ2) is 6.67. The number of rotatable bonds is 6. The molecule has 3 heteroatoms. The van der Waals surface area contributed by atoms with Gasteiger partial charge in [-0.15, -0.1) is 0 Å². The van der Waals surface area contributed by atoms with E-state index in [0.717, 1.165) is 25.2 Å². The zero-order valence-corrected chi connectivity index (χ0v) is 11.3. The standard InChI is InChI=1S/C13H25N3/c1-11(7-14)9-16(6)10-12(2)8-15-13(3,4)5/h11,15H,2,8-10H2,1,3-6H3. The van der Waals surface area contributed by atoms with Gasteiger partial charge in [-0.05, 0) is 40.3 Å². The number of nitrogens with zero attached hydrogens (tertiary/aromatic N) is 2. The van der Waals surface area contributed by atoms with E-state index in [9.17, 15) is 0 Å². The van der Waals surface area contributed by atoms with Gasteiger partial charge in [-0.3, -0.25) is 0 Å². The van der Waals surface area contributed by atoms with Crippen LogP contribution in [0, 0.1) is 17.2 Å². The molecule has 16 heavy (non-hydrogen) atoms. The molecule has 0 aromatic carbocycles. The fourth-order valence-electron chi connectivity index (χ4n) is 1.40. The highest BCUT2D eigenvalue weighted by atomic mass is 15.1. The quantitative estimate of drug-likeness (QED) is 0.700. The summed E-state index contributed by atoms with van der Waals surface area (Å²) in [7, 11) is 2.02. The summed E-state index contributed by atoms with van der Waals surface area (Å²) in [6, 6.07) is 2.24. The van der Waals surface area contributed by atoms with Gasteiger partial charge in [0.1, 0.15) is 0 Å². The average Bonchev–Trinajstić information content (AvgIpc) is 2.13. The molecule has 0 aliphatic heterocycles. The molecule has 3 nitrogen and oxygen atoms in total. The van der Waals surface area contributed by atoms with E-state index in [-0.39, 0.29) is 11.5 Å². The minimum absolute atomic E-state index is 0.0772. The molecular formula is C13H25N3. The fraction of sp³-hybridized carbons (Fsp3) is 0.769. The molecule has 0 radical (unpaired) electrons. The lowest BCUT2D eigenvalue weighted by Gasteiger charge is -2.24. The Balaban J connectivity index is 3.84. The summed E-state index contributed by atoms with van der Waals surface area (Å²) in [5.74, 6) is 0.0772. The molecule has 0 bridgehead atoms. The molecule has 0 aromatic heterocycles. The molecule has 0 rings (SSSR count). The molecular weight excluding hydrogens is 198 g/mol. The van der Waals surface area contributed by atoms with Gasteiger partial charge in [0.05, 0.1) is 12.0 Å². The number of hydrogen-bond acceptors (Lipinski definition) is 3. The smallest absolute Gasteiger partial charge is 0.0666 e. The van der Waals surface area contributed by atoms with Crippen LogP contribution in [0.2, 0.25) is 0 Å². The third-order valence-electron chi connectivity index (χ3n) is 2.17. The lowest BCUT2D eigenvalue weighted by molar-refractivity contribution is 0.328. The van der Waals surface area contributed by atoms with Crippen molar-refractivity contribution in [2.75, 3.05) is 26.7 Å². The number of nitrogens with one attached hydrogen (secondary N) is 1. The Labute approximate surface area is 100 Å². The summed E-state index contributed by atoms with van der Waals surface area (Å²) >= 11 is 0. The average molecular weight is 223 g/mol. The normalized spacial score (nSPS) is 13.6. The van der Waals surface area contributed by atoms with Crippen LogP contribution in [0.1, 0.15) is 27.7 Å². The molecule has 0 fully saturated rings. The molecule has 0 spiro atoms. The minimum atomic E-state index is 0.0772. The Bertz CT molecular complexity index is 257. The summed E-state index contributed by atoms with van der Waals surface area (Å²) in [6.07, 6.45) is 0. The van der Waals surface area contributed by atoms with Crippen LogP contribution in [0.4, 0.5) is 0 Å². The lowest BCUT2D eigenvalue weighted by Crippen LogP contribution is -2.38. The highest BCUT2D eigenvalue weighted by Gasteiger charge is 2.10. The number of hydrogen-bond donors (Lipinski definition) is 1. The summed E-state index contributed by atoms with van der Waals surface area (Å²) in [4.78, 5) is 2.14. The van der Waals surface area contributed by atoms with E-state index in [4.69, 9.17) is 5.26 Å². The second-order valence-corrected chi connectivity index (χ2v) is 5.58. The van der Waals surface area contributed by atoms with Crippen LogP contribution >= 0.6 is 0 Å². The summed E-state index contributed by atoms with van der Waals surface area (Å²) < 4.78 is 0. The molecule has 0 aromatic rings. The van der Waals surface area contributed by atoms with Crippen molar-refractivity contribution < 1.29 is 0 Å². The summed E-state index contributed by atoms with van der Waals surface area (Å²) in [5, 5.41) is 12.1. The highest BCUT2D eigenvalue weighted by molar-refractivity contribution is 5.01. The monoisotopic (exact) mass is 223 g/mol. The van der Waals surface area contributed by atoms with E-state index in [1.807, 2.05) is 14.0 Å². The molecule has 0 aliphatic rings. The number of nitriles is 1. The first-order valence-corrected chi connectivity index (χ1v) is 5.74. The summed E-state index contributed by atoms with van der Waals surface area (Å²) in [6.45, 7) is 14.9. The molecule has 92 valence electrons. The Morgan fingerprint density at radius 1 is 1.50 bits per heavy atom. The van der Waals surface area contributed by atoms with E-state index in [1.54, 1.807) is 0 Å². The van der Waals surface area contributed by atoms with Gasteiger partial charge in [0.15, 0.2) is 0 Å². The highest BCUT2D eigenvalue weighted by Crippen LogP contribution is 2.02. The van der Waals surface area contributed by atoms with Gasteiger partial charge in [0.2, 0.25) is 0 Å². The van der Waals surface area contributed by atoms with Gasteiger partial charge in [0, 0.05) is 25.2 Å². The zero-order chi connectivity index (χ0) is 12.8. The van der Waals surface area contributed by atoms with Gasteiger partial charge in [0.25, 0.3) is 0 Å². The van der Waals surface area contributed by atoms with Crippen LogP contribution in [-0.4, -0.2) is 37.1 Å². The first-order chi connectivity index (χ1) is 7.24. The molecule has 1 unspecified atom stereocenters. The minimum Gasteiger partial charge on any atom is -0.308 e. The van der Waals surface area contributed by atoms with Gasteiger partial charge in [-0.1, -0.05) is 6.58 Å². The maximum Gasteiger partial charge on any atom is 0.0666 e. The molecule has 0 saturated heterocycles. The summed E-state index contributed by atoms with van der Waals surface area (Å²) in [5.41, 5.74) is 1.28. The van der Waals surface area contributed by atoms with Crippen LogP contribution in [0.25, 0.3) is 0 Å². The van der Waals surface area contributed by atoms with Crippen LogP contribution in [0.3, 0.4) is 0 Å². The van der Waals surface area contributed by atoms with E-state index in [0.29, 0.717) is 0 Å². The SMILES string of the molecule is C=C(CNC(C)(C)C)CN(C)CC(C)C#N. The Morgan fingerprint density at radius 2 is 2.06 bits per heavy atom. The Kier molecular flexibility index (Phi) is 6.32. The molecule has 0 aliphatic carbocycles. The molecule has 0 saturated carbocycles. The number of likely N-dealkylation sites (N-methyl/N-ethyl adjacent to an activating group) is 1. The van der Waals surface area contributed by atoms with E-state index in [2.05, 4.69) is 43.6 Å². The van der Waals surface area contributed by atoms with Crippen LogP contribution in [0.15, 0.2) is 12.2 Å². The predicted molar refractivity (Wildman–Crippen MR) is 69.2 cm³/mol. The van der Waals surface area contributed by atoms with E-state index < -0.39 is 0 Å². The predicted octanol–water partition coefficient (Wildman–Crippen LogP) is 2.02. The van der Waals surface area contributed by atoms with E-state index >= 15 is 0 Å². The lowest BCUT2D eigenvalue weighted by atomic mass is 10.1. The third kappa shape index (κ3) is 8.46. The van der Waals surface area contributed by atoms with Crippen molar-refractivity contribution in [1.29, 1.82) is 5.26 Å². The van der Waals surface area contributed by atoms with Gasteiger partial charge >= 0.3 is 0 Å². The molecule has 0 heterocycles. The fourth-order valence-corrected chi connectivity index (χ4v) is 1.40. The maximum atomic E-state index is 8.72. The van der Waals surface area contributed by atoms with Crippen molar-refractivity contribution in [2.45, 2.75) is 33.2 Å². The van der Waals surface area contributed by atoms with Gasteiger partial charge in [-0.2, -0.15) is 5.26 Å². The molecule has 1 N–H and O–H groups in total. The van der Waals surface area contributed by atoms with Crippen molar-refractivity contribution in [3.05, 3.63) is 12.2 Å². The topological polar surface area (TPSA) is 39.1 Å². The van der Waals surface area contributed by atoms with Crippen molar-refractivity contribution in [2.24, 2.45) is 5.92 Å². The maximum absolute atomic E-state index is 8.72. The van der Waals surface area contributed by atoms with Crippen LogP contribution in [0.5, 0.6) is 0 Å². The van der Waals surface area contributed by atoms with Crippen LogP contribution < -0.4 is 5.32 Å². The zero-order valence-electron chi connectivity index (χ0n) is 11.3. The van der Waals surface area contributed by atoms with Crippen molar-refractivity contribution in [1.82, 2.24) is 10.2 Å². The molecule has 0 amide bonds. The first-order valence-electron chi connectivity index (χ1n) is 5.74. The molecule has 1 atom stereocenters. The van der Waals surface area contributed by atoms with Crippen molar-refractivity contribution in [3.8, 4) is 6.07 Å². The van der Waals surface area contributed by atoms with Gasteiger partial charge < -0.3 is 10.2 Å². The van der Waals surface area contributed by atoms with Crippen molar-refractivity contribution in [3.63, 3.8) is 0 Å².